The Balaban J connectivity index is 2.29. The van der Waals surface area contributed by atoms with Crippen molar-refractivity contribution in [2.45, 2.75) is 33.1 Å². The zero-order chi connectivity index (χ0) is 16.4. The first-order valence-corrected chi connectivity index (χ1v) is 8.26. The Morgan fingerprint density at radius 3 is 2.78 bits per heavy atom. The summed E-state index contributed by atoms with van der Waals surface area (Å²) in [6.07, 6.45) is 4.64. The number of benzene rings is 1. The molecule has 2 heterocycles. The van der Waals surface area contributed by atoms with E-state index in [0.717, 1.165) is 36.1 Å². The Labute approximate surface area is 140 Å². The van der Waals surface area contributed by atoms with Crippen LogP contribution < -0.4 is 5.56 Å². The first-order valence-electron chi connectivity index (χ1n) is 7.88. The summed E-state index contributed by atoms with van der Waals surface area (Å²) in [5.74, 6) is 0. The molecule has 0 aliphatic heterocycles. The number of aromatic nitrogens is 2. The van der Waals surface area contributed by atoms with Crippen LogP contribution in [-0.4, -0.2) is 9.38 Å². The zero-order valence-corrected chi connectivity index (χ0v) is 14.1. The lowest BCUT2D eigenvalue weighted by Crippen LogP contribution is -2.19. The number of hydrogen-bond acceptors (Lipinski definition) is 2. The van der Waals surface area contributed by atoms with Crippen molar-refractivity contribution in [1.29, 1.82) is 0 Å². The van der Waals surface area contributed by atoms with Gasteiger partial charge in [0.1, 0.15) is 5.65 Å². The van der Waals surface area contributed by atoms with E-state index >= 15 is 0 Å². The highest BCUT2D eigenvalue weighted by atomic mass is 35.5. The van der Waals surface area contributed by atoms with Crippen molar-refractivity contribution in [3.8, 4) is 11.1 Å². The van der Waals surface area contributed by atoms with Crippen molar-refractivity contribution < 1.29 is 0 Å². The standard InChI is InChI=1S/C19H19ClN2O/c1-3-4-7-16-18(14-9-10-15(20)13(2)12-14)19(23)22-11-6-5-8-17(22)21-16/h5-6,8-12H,3-4,7H2,1-2H3. The summed E-state index contributed by atoms with van der Waals surface area (Å²) in [5.41, 5.74) is 4.06. The molecule has 0 atom stereocenters. The minimum atomic E-state index is -0.0246. The van der Waals surface area contributed by atoms with Crippen LogP contribution in [0.3, 0.4) is 0 Å². The van der Waals surface area contributed by atoms with Gasteiger partial charge in [-0.2, -0.15) is 0 Å². The molecular weight excluding hydrogens is 308 g/mol. The third-order valence-corrected chi connectivity index (χ3v) is 4.45. The predicted molar refractivity (Wildman–Crippen MR) is 95.3 cm³/mol. The third-order valence-electron chi connectivity index (χ3n) is 4.02. The van der Waals surface area contributed by atoms with Crippen LogP contribution in [0.5, 0.6) is 0 Å². The minimum absolute atomic E-state index is 0.0246. The lowest BCUT2D eigenvalue weighted by molar-refractivity contribution is 0.774. The van der Waals surface area contributed by atoms with E-state index in [1.165, 1.54) is 0 Å². The molecule has 1 aromatic carbocycles. The number of nitrogens with zero attached hydrogens (tertiary/aromatic N) is 2. The molecule has 0 N–H and O–H groups in total. The second kappa shape index (κ2) is 6.55. The van der Waals surface area contributed by atoms with Crippen LogP contribution in [0.15, 0.2) is 47.4 Å². The van der Waals surface area contributed by atoms with E-state index in [0.29, 0.717) is 16.2 Å². The fourth-order valence-electron chi connectivity index (χ4n) is 2.75. The summed E-state index contributed by atoms with van der Waals surface area (Å²) in [5, 5.41) is 0.706. The molecule has 3 rings (SSSR count). The second-order valence-corrected chi connectivity index (χ2v) is 6.14. The molecule has 3 nitrogen and oxygen atoms in total. The number of pyridine rings is 1. The monoisotopic (exact) mass is 326 g/mol. The molecule has 0 bridgehead atoms. The van der Waals surface area contributed by atoms with E-state index in [4.69, 9.17) is 16.6 Å². The Morgan fingerprint density at radius 1 is 1.22 bits per heavy atom. The van der Waals surface area contributed by atoms with E-state index in [1.807, 2.05) is 43.3 Å². The molecule has 0 unspecified atom stereocenters. The van der Waals surface area contributed by atoms with E-state index in [1.54, 1.807) is 10.6 Å². The van der Waals surface area contributed by atoms with Gasteiger partial charge in [-0.15, -0.1) is 0 Å². The van der Waals surface area contributed by atoms with Crippen LogP contribution in [0.1, 0.15) is 31.0 Å². The molecule has 23 heavy (non-hydrogen) atoms. The maximum atomic E-state index is 13.0. The highest BCUT2D eigenvalue weighted by Gasteiger charge is 2.15. The smallest absolute Gasteiger partial charge is 0.265 e. The van der Waals surface area contributed by atoms with Crippen LogP contribution in [0, 0.1) is 6.92 Å². The molecule has 4 heteroatoms. The van der Waals surface area contributed by atoms with Gasteiger partial charge in [0.25, 0.3) is 5.56 Å². The molecule has 0 aliphatic carbocycles. The average molecular weight is 327 g/mol. The SMILES string of the molecule is CCCCc1nc2ccccn2c(=O)c1-c1ccc(Cl)c(C)c1. The van der Waals surface area contributed by atoms with Gasteiger partial charge in [0.2, 0.25) is 0 Å². The Hall–Kier alpha value is -2.13. The maximum absolute atomic E-state index is 13.0. The predicted octanol–water partition coefficient (Wildman–Crippen LogP) is 4.67. The molecule has 0 spiro atoms. The van der Waals surface area contributed by atoms with Gasteiger partial charge in [-0.1, -0.05) is 37.1 Å². The fourth-order valence-corrected chi connectivity index (χ4v) is 2.87. The molecular formula is C19H19ClN2O. The van der Waals surface area contributed by atoms with Crippen molar-refractivity contribution in [3.05, 3.63) is 69.2 Å². The minimum Gasteiger partial charge on any atom is -0.268 e. The van der Waals surface area contributed by atoms with Crippen LogP contribution in [0.4, 0.5) is 0 Å². The topological polar surface area (TPSA) is 34.4 Å². The number of hydrogen-bond donors (Lipinski definition) is 0. The number of unbranched alkanes of at least 4 members (excludes halogenated alkanes) is 1. The van der Waals surface area contributed by atoms with Gasteiger partial charge in [0, 0.05) is 11.2 Å². The number of fused-ring (bicyclic) bond motifs is 1. The highest BCUT2D eigenvalue weighted by molar-refractivity contribution is 6.31. The highest BCUT2D eigenvalue weighted by Crippen LogP contribution is 2.25. The molecule has 0 saturated carbocycles. The first-order chi connectivity index (χ1) is 11.1. The van der Waals surface area contributed by atoms with Gasteiger partial charge in [-0.3, -0.25) is 9.20 Å². The molecule has 0 radical (unpaired) electrons. The van der Waals surface area contributed by atoms with Gasteiger partial charge < -0.3 is 0 Å². The molecule has 0 amide bonds. The quantitative estimate of drug-likeness (QED) is 0.698. The van der Waals surface area contributed by atoms with Crippen molar-refractivity contribution >= 4 is 17.2 Å². The zero-order valence-electron chi connectivity index (χ0n) is 13.3. The van der Waals surface area contributed by atoms with Crippen molar-refractivity contribution in [2.24, 2.45) is 0 Å². The van der Waals surface area contributed by atoms with Gasteiger partial charge in [-0.25, -0.2) is 4.98 Å². The summed E-state index contributed by atoms with van der Waals surface area (Å²) in [6.45, 7) is 4.09. The second-order valence-electron chi connectivity index (χ2n) is 5.74. The summed E-state index contributed by atoms with van der Waals surface area (Å²) >= 11 is 6.13. The van der Waals surface area contributed by atoms with Gasteiger partial charge in [0.15, 0.2) is 0 Å². The van der Waals surface area contributed by atoms with E-state index in [9.17, 15) is 4.79 Å². The van der Waals surface area contributed by atoms with Crippen molar-refractivity contribution in [3.63, 3.8) is 0 Å². The van der Waals surface area contributed by atoms with Crippen LogP contribution >= 0.6 is 11.6 Å². The molecule has 0 fully saturated rings. The lowest BCUT2D eigenvalue weighted by Gasteiger charge is -2.12. The maximum Gasteiger partial charge on any atom is 0.265 e. The summed E-state index contributed by atoms with van der Waals surface area (Å²) in [7, 11) is 0. The van der Waals surface area contributed by atoms with Gasteiger partial charge in [-0.05, 0) is 55.2 Å². The largest absolute Gasteiger partial charge is 0.268 e. The Kier molecular flexibility index (Phi) is 4.49. The molecule has 0 saturated heterocycles. The fraction of sp³-hybridized carbons (Fsp3) is 0.263. The summed E-state index contributed by atoms with van der Waals surface area (Å²) in [4.78, 5) is 17.7. The van der Waals surface area contributed by atoms with Crippen molar-refractivity contribution in [2.75, 3.05) is 0 Å². The molecule has 2 aromatic heterocycles. The number of rotatable bonds is 4. The van der Waals surface area contributed by atoms with Crippen LogP contribution in [0.2, 0.25) is 5.02 Å². The van der Waals surface area contributed by atoms with Crippen LogP contribution in [-0.2, 0) is 6.42 Å². The molecule has 3 aromatic rings. The van der Waals surface area contributed by atoms with E-state index in [2.05, 4.69) is 6.92 Å². The third kappa shape index (κ3) is 3.02. The normalized spacial score (nSPS) is 11.1. The van der Waals surface area contributed by atoms with Gasteiger partial charge >= 0.3 is 0 Å². The van der Waals surface area contributed by atoms with Crippen LogP contribution in [0.25, 0.3) is 16.8 Å². The molecule has 118 valence electrons. The van der Waals surface area contributed by atoms with E-state index in [-0.39, 0.29) is 5.56 Å². The number of aryl methyl sites for hydroxylation is 2. The summed E-state index contributed by atoms with van der Waals surface area (Å²) < 4.78 is 1.61. The lowest BCUT2D eigenvalue weighted by atomic mass is 10.0. The van der Waals surface area contributed by atoms with Crippen molar-refractivity contribution in [1.82, 2.24) is 9.38 Å². The molecule has 0 aliphatic rings. The average Bonchev–Trinajstić information content (AvgIpc) is 2.56. The van der Waals surface area contributed by atoms with E-state index < -0.39 is 0 Å². The summed E-state index contributed by atoms with van der Waals surface area (Å²) in [6, 6.07) is 11.3. The first kappa shape index (κ1) is 15.8. The Bertz CT molecular complexity index is 915. The van der Waals surface area contributed by atoms with Gasteiger partial charge in [0.05, 0.1) is 11.3 Å². The number of halogens is 1. The Morgan fingerprint density at radius 2 is 2.04 bits per heavy atom.